The van der Waals surface area contributed by atoms with Gasteiger partial charge in [-0.05, 0) is 45.1 Å². The van der Waals surface area contributed by atoms with Crippen LogP contribution in [-0.2, 0) is 0 Å². The summed E-state index contributed by atoms with van der Waals surface area (Å²) < 4.78 is 0. The Labute approximate surface area is 260 Å². The minimum atomic E-state index is -0.683. The Morgan fingerprint density at radius 1 is 0.463 bits per heavy atom. The molecule has 0 rings (SSSR count). The summed E-state index contributed by atoms with van der Waals surface area (Å²) in [5.41, 5.74) is -0.919. The second-order valence-corrected chi connectivity index (χ2v) is 13.5. The highest BCUT2D eigenvalue weighted by Crippen LogP contribution is 2.46. The number of aliphatic hydroxyl groups is 2. The van der Waals surface area contributed by atoms with Crippen LogP contribution in [0.15, 0.2) is 0 Å². The summed E-state index contributed by atoms with van der Waals surface area (Å²) in [5.74, 6) is 0. The SMILES string of the molecule is CCCCCCC(CO)N(CCCCC)C(CCCCC)(CCCCCC)C(O)(CCCCCC)CCCCCC. The molecule has 0 aliphatic carbocycles. The van der Waals surface area contributed by atoms with Gasteiger partial charge in [0.15, 0.2) is 0 Å². The normalized spacial score (nSPS) is 14.6. The zero-order chi connectivity index (χ0) is 30.7. The summed E-state index contributed by atoms with van der Waals surface area (Å²) in [5, 5.41) is 24.2. The Kier molecular flexibility index (Phi) is 27.4. The maximum atomic E-state index is 13.2. The van der Waals surface area contributed by atoms with Crippen molar-refractivity contribution in [2.24, 2.45) is 0 Å². The van der Waals surface area contributed by atoms with Crippen molar-refractivity contribution < 1.29 is 10.2 Å². The fourth-order valence-corrected chi connectivity index (χ4v) is 7.37. The van der Waals surface area contributed by atoms with E-state index in [2.05, 4.69) is 46.4 Å². The van der Waals surface area contributed by atoms with Gasteiger partial charge in [0.05, 0.1) is 12.2 Å². The average molecular weight is 582 g/mol. The van der Waals surface area contributed by atoms with Gasteiger partial charge in [-0.2, -0.15) is 0 Å². The summed E-state index contributed by atoms with van der Waals surface area (Å²) in [6.45, 7) is 15.0. The largest absolute Gasteiger partial charge is 0.395 e. The molecule has 0 heterocycles. The van der Waals surface area contributed by atoms with Crippen LogP contribution < -0.4 is 0 Å². The van der Waals surface area contributed by atoms with Crippen LogP contribution in [0.2, 0.25) is 0 Å². The summed E-state index contributed by atoms with van der Waals surface area (Å²) in [7, 11) is 0. The summed E-state index contributed by atoms with van der Waals surface area (Å²) in [6.07, 6.45) is 32.1. The standard InChI is InChI=1S/C38H79NO2/c1-7-13-19-23-29-36(35-40)39(34-28-18-12-6)37(30-24-17-11-5,31-25-20-14-8-2)38(41,32-26-21-15-9-3)33-27-22-16-10-4/h36,40-41H,7-35H2,1-6H3. The lowest BCUT2D eigenvalue weighted by Gasteiger charge is -2.57. The van der Waals surface area contributed by atoms with Crippen molar-refractivity contribution in [2.75, 3.05) is 13.2 Å². The van der Waals surface area contributed by atoms with Crippen LogP contribution in [0.3, 0.4) is 0 Å². The van der Waals surface area contributed by atoms with E-state index in [0.717, 1.165) is 51.5 Å². The summed E-state index contributed by atoms with van der Waals surface area (Å²) >= 11 is 0. The van der Waals surface area contributed by atoms with Crippen molar-refractivity contribution in [3.63, 3.8) is 0 Å². The number of rotatable bonds is 32. The number of nitrogens with zero attached hydrogens (tertiary/aromatic N) is 1. The number of aliphatic hydroxyl groups excluding tert-OH is 1. The summed E-state index contributed by atoms with van der Waals surface area (Å²) in [4.78, 5) is 2.77. The minimum absolute atomic E-state index is 0.161. The molecule has 0 aliphatic rings. The molecule has 0 fully saturated rings. The highest BCUT2D eigenvalue weighted by atomic mass is 16.3. The van der Waals surface area contributed by atoms with Crippen molar-refractivity contribution in [1.29, 1.82) is 0 Å². The Morgan fingerprint density at radius 3 is 1.27 bits per heavy atom. The molecule has 41 heavy (non-hydrogen) atoms. The van der Waals surface area contributed by atoms with Crippen molar-refractivity contribution in [3.05, 3.63) is 0 Å². The third-order valence-electron chi connectivity index (χ3n) is 9.99. The zero-order valence-electron chi connectivity index (χ0n) is 29.4. The van der Waals surface area contributed by atoms with Gasteiger partial charge in [0.1, 0.15) is 0 Å². The third kappa shape index (κ3) is 16.5. The molecule has 0 saturated carbocycles. The van der Waals surface area contributed by atoms with Crippen molar-refractivity contribution in [3.8, 4) is 0 Å². The Bertz CT molecular complexity index is 526. The van der Waals surface area contributed by atoms with Crippen LogP contribution in [0.4, 0.5) is 0 Å². The van der Waals surface area contributed by atoms with Crippen LogP contribution in [0.5, 0.6) is 0 Å². The van der Waals surface area contributed by atoms with Crippen molar-refractivity contribution in [1.82, 2.24) is 4.90 Å². The smallest absolute Gasteiger partial charge is 0.0830 e. The van der Waals surface area contributed by atoms with Gasteiger partial charge in [-0.15, -0.1) is 0 Å². The number of hydrogen-bond donors (Lipinski definition) is 2. The molecule has 0 aromatic heterocycles. The quantitative estimate of drug-likeness (QED) is 0.0776. The molecule has 0 aliphatic heterocycles. The molecule has 248 valence electrons. The Morgan fingerprint density at radius 2 is 0.829 bits per heavy atom. The molecule has 3 nitrogen and oxygen atoms in total. The zero-order valence-corrected chi connectivity index (χ0v) is 29.4. The van der Waals surface area contributed by atoms with E-state index in [1.165, 1.54) is 128 Å². The lowest BCUT2D eigenvalue weighted by molar-refractivity contribution is -0.155. The Hall–Kier alpha value is -0.120. The molecule has 0 spiro atoms. The fourth-order valence-electron chi connectivity index (χ4n) is 7.37. The van der Waals surface area contributed by atoms with E-state index in [9.17, 15) is 10.2 Å². The number of unbranched alkanes of at least 4 members (excludes halogenated alkanes) is 16. The van der Waals surface area contributed by atoms with E-state index in [-0.39, 0.29) is 18.2 Å². The topological polar surface area (TPSA) is 43.7 Å². The highest BCUT2D eigenvalue weighted by molar-refractivity contribution is 5.08. The monoisotopic (exact) mass is 582 g/mol. The summed E-state index contributed by atoms with van der Waals surface area (Å²) in [6, 6.07) is 0.161. The van der Waals surface area contributed by atoms with Gasteiger partial charge in [0.2, 0.25) is 0 Å². The second-order valence-electron chi connectivity index (χ2n) is 13.5. The molecule has 2 atom stereocenters. The molecule has 0 saturated heterocycles. The van der Waals surface area contributed by atoms with E-state index >= 15 is 0 Å². The third-order valence-corrected chi connectivity index (χ3v) is 9.99. The predicted molar refractivity (Wildman–Crippen MR) is 184 cm³/mol. The second kappa shape index (κ2) is 27.4. The highest BCUT2D eigenvalue weighted by Gasteiger charge is 2.53. The molecule has 0 amide bonds. The molecule has 0 aromatic rings. The fraction of sp³-hybridized carbons (Fsp3) is 1.00. The van der Waals surface area contributed by atoms with Crippen LogP contribution in [-0.4, -0.2) is 45.4 Å². The van der Waals surface area contributed by atoms with Gasteiger partial charge in [-0.1, -0.05) is 176 Å². The van der Waals surface area contributed by atoms with E-state index in [1.54, 1.807) is 0 Å². The minimum Gasteiger partial charge on any atom is -0.395 e. The van der Waals surface area contributed by atoms with Gasteiger partial charge in [0.25, 0.3) is 0 Å². The maximum absolute atomic E-state index is 13.2. The molecule has 0 aromatic carbocycles. The van der Waals surface area contributed by atoms with Gasteiger partial charge in [-0.3, -0.25) is 4.90 Å². The van der Waals surface area contributed by atoms with Gasteiger partial charge < -0.3 is 10.2 Å². The lowest BCUT2D eigenvalue weighted by atomic mass is 9.66. The molecule has 3 heteroatoms. The van der Waals surface area contributed by atoms with Gasteiger partial charge in [-0.25, -0.2) is 0 Å². The molecule has 0 radical (unpaired) electrons. The molecule has 2 unspecified atom stereocenters. The van der Waals surface area contributed by atoms with E-state index < -0.39 is 5.60 Å². The Balaban J connectivity index is 6.79. The van der Waals surface area contributed by atoms with Gasteiger partial charge in [0, 0.05) is 11.6 Å². The molecular formula is C38H79NO2. The van der Waals surface area contributed by atoms with Crippen LogP contribution in [0.1, 0.15) is 215 Å². The van der Waals surface area contributed by atoms with Crippen LogP contribution in [0, 0.1) is 0 Å². The van der Waals surface area contributed by atoms with E-state index in [4.69, 9.17) is 0 Å². The first-order chi connectivity index (χ1) is 20.0. The molecular weight excluding hydrogens is 502 g/mol. The van der Waals surface area contributed by atoms with E-state index in [0.29, 0.717) is 0 Å². The first-order valence-electron chi connectivity index (χ1n) is 19.1. The molecule has 2 N–H and O–H groups in total. The lowest BCUT2D eigenvalue weighted by Crippen LogP contribution is -2.67. The predicted octanol–water partition coefficient (Wildman–Crippen LogP) is 11.8. The van der Waals surface area contributed by atoms with Gasteiger partial charge >= 0.3 is 0 Å². The average Bonchev–Trinajstić information content (AvgIpc) is 2.98. The first kappa shape index (κ1) is 40.9. The molecule has 0 bridgehead atoms. The van der Waals surface area contributed by atoms with Crippen molar-refractivity contribution in [2.45, 2.75) is 232 Å². The van der Waals surface area contributed by atoms with Crippen LogP contribution in [0.25, 0.3) is 0 Å². The maximum Gasteiger partial charge on any atom is 0.0830 e. The number of hydrogen-bond acceptors (Lipinski definition) is 3. The van der Waals surface area contributed by atoms with E-state index in [1.807, 2.05) is 0 Å². The van der Waals surface area contributed by atoms with Crippen molar-refractivity contribution >= 4 is 0 Å². The first-order valence-corrected chi connectivity index (χ1v) is 19.1. The van der Waals surface area contributed by atoms with Crippen LogP contribution >= 0.6 is 0 Å².